The van der Waals surface area contributed by atoms with Crippen LogP contribution in [0.3, 0.4) is 0 Å². The summed E-state index contributed by atoms with van der Waals surface area (Å²) >= 11 is 0. The molecule has 1 aliphatic heterocycles. The summed E-state index contributed by atoms with van der Waals surface area (Å²) in [5, 5.41) is 6.84. The lowest BCUT2D eigenvalue weighted by Gasteiger charge is -2.31. The lowest BCUT2D eigenvalue weighted by molar-refractivity contribution is -0.141. The zero-order valence-corrected chi connectivity index (χ0v) is 18.4. The van der Waals surface area contributed by atoms with E-state index in [-0.39, 0.29) is 11.3 Å². The molecule has 31 heavy (non-hydrogen) atoms. The molecule has 1 aromatic carbocycles. The van der Waals surface area contributed by atoms with Crippen molar-refractivity contribution in [3.63, 3.8) is 0 Å². The number of aryl methyl sites for hydroxylation is 1. The number of amides is 1. The Balaban J connectivity index is 1.59. The third kappa shape index (κ3) is 4.88. The van der Waals surface area contributed by atoms with Crippen molar-refractivity contribution in [1.29, 1.82) is 0 Å². The molecule has 2 aromatic rings. The summed E-state index contributed by atoms with van der Waals surface area (Å²) in [6.07, 6.45) is -1.81. The minimum Gasteiger partial charge on any atom is -0.364 e. The molecule has 4 rings (SSSR count). The van der Waals surface area contributed by atoms with Crippen LogP contribution in [0, 0.1) is 12.3 Å². The van der Waals surface area contributed by atoms with Gasteiger partial charge in [0, 0.05) is 24.3 Å². The molecule has 1 amide bonds. The van der Waals surface area contributed by atoms with Crippen LogP contribution in [0.4, 0.5) is 24.5 Å². The third-order valence-corrected chi connectivity index (χ3v) is 5.78. The Morgan fingerprint density at radius 2 is 1.87 bits per heavy atom. The summed E-state index contributed by atoms with van der Waals surface area (Å²) in [5.74, 6) is 0.433. The molecule has 0 atom stereocenters. The Kier molecular flexibility index (Phi) is 5.30. The molecule has 2 heterocycles. The van der Waals surface area contributed by atoms with Crippen LogP contribution >= 0.6 is 0 Å². The first-order valence-corrected chi connectivity index (χ1v) is 10.7. The van der Waals surface area contributed by atoms with Gasteiger partial charge in [0.1, 0.15) is 0 Å². The highest BCUT2D eigenvalue weighted by molar-refractivity contribution is 5.93. The Hall–Kier alpha value is -2.51. The molecule has 5 nitrogen and oxygen atoms in total. The second-order valence-electron chi connectivity index (χ2n) is 9.95. The van der Waals surface area contributed by atoms with Crippen LogP contribution in [-0.2, 0) is 24.1 Å². The Labute approximate surface area is 180 Å². The highest BCUT2D eigenvalue weighted by Crippen LogP contribution is 2.46. The number of hydrogen-bond donors (Lipinski definition) is 1. The number of aromatic nitrogens is 2. The van der Waals surface area contributed by atoms with Crippen molar-refractivity contribution in [2.75, 3.05) is 16.8 Å². The summed E-state index contributed by atoms with van der Waals surface area (Å²) in [4.78, 5) is 14.7. The molecule has 0 unspecified atom stereocenters. The van der Waals surface area contributed by atoms with Gasteiger partial charge in [0.15, 0.2) is 5.69 Å². The molecule has 1 aromatic heterocycles. The first kappa shape index (κ1) is 21.7. The zero-order valence-electron chi connectivity index (χ0n) is 18.4. The summed E-state index contributed by atoms with van der Waals surface area (Å²) in [6.45, 7) is 9.47. The second kappa shape index (κ2) is 7.57. The topological polar surface area (TPSA) is 50.2 Å². The average Bonchev–Trinajstić information content (AvgIpc) is 3.38. The van der Waals surface area contributed by atoms with Crippen LogP contribution in [0.5, 0.6) is 0 Å². The fraction of sp³-hybridized carbons (Fsp3) is 0.565. The molecule has 1 N–H and O–H groups in total. The van der Waals surface area contributed by atoms with E-state index in [1.54, 1.807) is 0 Å². The lowest BCUT2D eigenvalue weighted by Crippen LogP contribution is -2.34. The number of nitrogens with one attached hydrogen (secondary N) is 1. The number of benzene rings is 1. The monoisotopic (exact) mass is 434 g/mol. The van der Waals surface area contributed by atoms with Crippen LogP contribution in [-0.4, -0.2) is 22.2 Å². The second-order valence-corrected chi connectivity index (χ2v) is 9.95. The maximum Gasteiger partial charge on any atom is 0.435 e. The van der Waals surface area contributed by atoms with Crippen LogP contribution in [0.25, 0.3) is 0 Å². The fourth-order valence-corrected chi connectivity index (χ4v) is 4.16. The van der Waals surface area contributed by atoms with E-state index in [1.807, 2.05) is 33.8 Å². The quantitative estimate of drug-likeness (QED) is 0.693. The molecular formula is C23H29F3N4O. The van der Waals surface area contributed by atoms with Gasteiger partial charge in [-0.25, -0.2) is 0 Å². The summed E-state index contributed by atoms with van der Waals surface area (Å²) < 4.78 is 40.5. The first-order chi connectivity index (χ1) is 14.4. The Morgan fingerprint density at radius 1 is 1.16 bits per heavy atom. The number of anilines is 2. The van der Waals surface area contributed by atoms with Crippen LogP contribution < -0.4 is 10.2 Å². The molecule has 0 radical (unpaired) electrons. The molecule has 8 heteroatoms. The summed E-state index contributed by atoms with van der Waals surface area (Å²) in [7, 11) is 0. The van der Waals surface area contributed by atoms with E-state index in [0.717, 1.165) is 41.4 Å². The summed E-state index contributed by atoms with van der Waals surface area (Å²) in [6, 6.07) is 5.27. The Bertz CT molecular complexity index is 999. The molecule has 0 spiro atoms. The molecule has 2 aliphatic rings. The van der Waals surface area contributed by atoms with E-state index in [4.69, 9.17) is 0 Å². The van der Waals surface area contributed by atoms with E-state index in [1.165, 1.54) is 4.68 Å². The van der Waals surface area contributed by atoms with Gasteiger partial charge >= 0.3 is 6.18 Å². The minimum atomic E-state index is -4.43. The van der Waals surface area contributed by atoms with Crippen molar-refractivity contribution in [2.45, 2.75) is 72.1 Å². The molecule has 168 valence electrons. The van der Waals surface area contributed by atoms with E-state index in [2.05, 4.69) is 21.4 Å². The molecule has 0 saturated heterocycles. The summed E-state index contributed by atoms with van der Waals surface area (Å²) in [5.41, 5.74) is 3.62. The van der Waals surface area contributed by atoms with Crippen molar-refractivity contribution < 1.29 is 18.0 Å². The Morgan fingerprint density at radius 3 is 2.48 bits per heavy atom. The van der Waals surface area contributed by atoms with Gasteiger partial charge in [-0.3, -0.25) is 9.48 Å². The number of alkyl halides is 3. The van der Waals surface area contributed by atoms with Crippen molar-refractivity contribution in [1.82, 2.24) is 9.78 Å². The number of carbonyl (C=O) groups is 1. The van der Waals surface area contributed by atoms with Crippen LogP contribution in [0.1, 0.15) is 68.5 Å². The fourth-order valence-electron chi connectivity index (χ4n) is 4.16. The van der Waals surface area contributed by atoms with Gasteiger partial charge in [-0.15, -0.1) is 0 Å². The van der Waals surface area contributed by atoms with E-state index >= 15 is 0 Å². The van der Waals surface area contributed by atoms with E-state index in [0.29, 0.717) is 37.7 Å². The van der Waals surface area contributed by atoms with Crippen molar-refractivity contribution >= 4 is 17.3 Å². The van der Waals surface area contributed by atoms with Gasteiger partial charge in [-0.2, -0.15) is 18.3 Å². The van der Waals surface area contributed by atoms with Gasteiger partial charge in [0.25, 0.3) is 0 Å². The lowest BCUT2D eigenvalue weighted by atomic mass is 9.91. The minimum absolute atomic E-state index is 0.00630. The largest absolute Gasteiger partial charge is 0.435 e. The number of halogens is 3. The van der Waals surface area contributed by atoms with Gasteiger partial charge in [-0.1, -0.05) is 20.8 Å². The zero-order chi connectivity index (χ0) is 22.6. The number of rotatable bonds is 4. The van der Waals surface area contributed by atoms with Crippen molar-refractivity contribution in [2.24, 2.45) is 5.41 Å². The average molecular weight is 435 g/mol. The first-order valence-electron chi connectivity index (χ1n) is 10.7. The molecule has 1 saturated carbocycles. The van der Waals surface area contributed by atoms with Crippen molar-refractivity contribution in [3.05, 3.63) is 40.7 Å². The number of fused-ring (bicyclic) bond motifs is 1. The predicted molar refractivity (Wildman–Crippen MR) is 114 cm³/mol. The van der Waals surface area contributed by atoms with Crippen molar-refractivity contribution in [3.8, 4) is 0 Å². The van der Waals surface area contributed by atoms with Gasteiger partial charge in [-0.05, 0) is 60.4 Å². The maximum absolute atomic E-state index is 13.0. The number of hydrogen-bond acceptors (Lipinski definition) is 3. The standard InChI is InChI=1S/C23H29F3N4O/c1-14-9-16(29-7-8-30-17(13-29)11-19(28-30)23(24,25)26)10-18(15-5-6-15)21(14)27-20(31)12-22(2,3)4/h9-11,15H,5-8,12-13H2,1-4H3,(H,27,31). The van der Waals surface area contributed by atoms with E-state index < -0.39 is 11.9 Å². The molecular weight excluding hydrogens is 405 g/mol. The van der Waals surface area contributed by atoms with Crippen LogP contribution in [0.2, 0.25) is 0 Å². The maximum atomic E-state index is 13.0. The molecule has 1 fully saturated rings. The molecule has 0 bridgehead atoms. The smallest absolute Gasteiger partial charge is 0.364 e. The number of carbonyl (C=O) groups excluding carboxylic acids is 1. The third-order valence-electron chi connectivity index (χ3n) is 5.78. The number of nitrogens with zero attached hydrogens (tertiary/aromatic N) is 3. The van der Waals surface area contributed by atoms with Gasteiger partial charge < -0.3 is 10.2 Å². The molecule has 1 aliphatic carbocycles. The van der Waals surface area contributed by atoms with Crippen LogP contribution in [0.15, 0.2) is 18.2 Å². The van der Waals surface area contributed by atoms with Gasteiger partial charge in [0.05, 0.1) is 18.8 Å². The predicted octanol–water partition coefficient (Wildman–Crippen LogP) is 5.48. The van der Waals surface area contributed by atoms with Gasteiger partial charge in [0.2, 0.25) is 5.91 Å². The normalized spacial score (nSPS) is 16.9. The highest BCUT2D eigenvalue weighted by Gasteiger charge is 2.36. The SMILES string of the molecule is Cc1cc(N2CCn3nc(C(F)(F)F)cc3C2)cc(C2CC2)c1NC(=O)CC(C)(C)C. The highest BCUT2D eigenvalue weighted by atomic mass is 19.4. The van der Waals surface area contributed by atoms with E-state index in [9.17, 15) is 18.0 Å².